The topological polar surface area (TPSA) is 18.5 Å². The molecule has 2 nitrogen and oxygen atoms in total. The molecule has 0 amide bonds. The molecule has 0 spiro atoms. The Morgan fingerprint density at radius 3 is 2.69 bits per heavy atom. The van der Waals surface area contributed by atoms with Gasteiger partial charge in [0.2, 0.25) is 0 Å². The van der Waals surface area contributed by atoms with Crippen LogP contribution in [0.4, 0.5) is 0 Å². The van der Waals surface area contributed by atoms with Crippen LogP contribution in [-0.2, 0) is 9.47 Å². The van der Waals surface area contributed by atoms with Crippen LogP contribution in [0.3, 0.4) is 0 Å². The Kier molecular flexibility index (Phi) is 4.86. The number of rotatable bonds is 5. The lowest BCUT2D eigenvalue weighted by atomic mass is 9.85. The van der Waals surface area contributed by atoms with Crippen molar-refractivity contribution in [2.24, 2.45) is 5.92 Å². The first-order valence-corrected chi connectivity index (χ1v) is 6.79. The Balaban J connectivity index is 1.66. The lowest BCUT2D eigenvalue weighted by molar-refractivity contribution is -0.0463. The first kappa shape index (κ1) is 12.1. The summed E-state index contributed by atoms with van der Waals surface area (Å²) in [6.45, 7) is 3.85. The van der Waals surface area contributed by atoms with Gasteiger partial charge in [-0.25, -0.2) is 0 Å². The predicted molar refractivity (Wildman–Crippen MR) is 65.3 cm³/mol. The van der Waals surface area contributed by atoms with Gasteiger partial charge in [-0.05, 0) is 31.6 Å². The van der Waals surface area contributed by atoms with Crippen LogP contribution >= 0.6 is 0 Å². The van der Waals surface area contributed by atoms with Gasteiger partial charge in [-0.3, -0.25) is 0 Å². The highest BCUT2D eigenvalue weighted by molar-refractivity contribution is 5.06. The number of hydrogen-bond donors (Lipinski definition) is 0. The average Bonchev–Trinajstić information content (AvgIpc) is 2.82. The van der Waals surface area contributed by atoms with Crippen LogP contribution in [0.15, 0.2) is 11.6 Å². The molecule has 1 atom stereocenters. The van der Waals surface area contributed by atoms with E-state index < -0.39 is 0 Å². The number of allylic oxidation sites excluding steroid dienone is 2. The van der Waals surface area contributed by atoms with E-state index in [4.69, 9.17) is 9.47 Å². The van der Waals surface area contributed by atoms with Gasteiger partial charge < -0.3 is 9.47 Å². The summed E-state index contributed by atoms with van der Waals surface area (Å²) in [7, 11) is 0. The van der Waals surface area contributed by atoms with E-state index in [1.54, 1.807) is 5.57 Å². The van der Waals surface area contributed by atoms with Crippen LogP contribution < -0.4 is 0 Å². The van der Waals surface area contributed by atoms with Gasteiger partial charge in [-0.1, -0.05) is 31.4 Å². The van der Waals surface area contributed by atoms with E-state index in [1.165, 1.54) is 38.5 Å². The Labute approximate surface area is 99.0 Å². The zero-order valence-corrected chi connectivity index (χ0v) is 10.4. The standard InChI is InChI=1S/C14H24O2/c1-2-3-12-4-6-13(7-5-12)8-9-14-15-10-11-16-14/h6,12,14H,2-5,7-11H2,1H3. The summed E-state index contributed by atoms with van der Waals surface area (Å²) in [5, 5.41) is 0. The van der Waals surface area contributed by atoms with Crippen molar-refractivity contribution in [3.63, 3.8) is 0 Å². The van der Waals surface area contributed by atoms with Crippen molar-refractivity contribution in [1.29, 1.82) is 0 Å². The second kappa shape index (κ2) is 6.41. The van der Waals surface area contributed by atoms with Crippen molar-refractivity contribution in [1.82, 2.24) is 0 Å². The van der Waals surface area contributed by atoms with E-state index in [0.717, 1.165) is 25.6 Å². The highest BCUT2D eigenvalue weighted by atomic mass is 16.7. The Morgan fingerprint density at radius 2 is 2.06 bits per heavy atom. The minimum Gasteiger partial charge on any atom is -0.350 e. The molecule has 1 saturated heterocycles. The van der Waals surface area contributed by atoms with Gasteiger partial charge in [-0.15, -0.1) is 0 Å². The normalized spacial score (nSPS) is 27.1. The molecule has 1 aliphatic heterocycles. The van der Waals surface area contributed by atoms with Crippen molar-refractivity contribution in [2.75, 3.05) is 13.2 Å². The smallest absolute Gasteiger partial charge is 0.158 e. The van der Waals surface area contributed by atoms with Crippen molar-refractivity contribution in [2.45, 2.75) is 58.2 Å². The average molecular weight is 224 g/mol. The summed E-state index contributed by atoms with van der Waals surface area (Å²) in [6.07, 6.45) is 11.5. The molecular weight excluding hydrogens is 200 g/mol. The van der Waals surface area contributed by atoms with Crippen LogP contribution in [0, 0.1) is 5.92 Å². The van der Waals surface area contributed by atoms with Crippen molar-refractivity contribution >= 4 is 0 Å². The summed E-state index contributed by atoms with van der Waals surface area (Å²) in [6, 6.07) is 0. The molecule has 2 rings (SSSR count). The lowest BCUT2D eigenvalue weighted by Gasteiger charge is -2.22. The van der Waals surface area contributed by atoms with Crippen molar-refractivity contribution in [3.05, 3.63) is 11.6 Å². The maximum atomic E-state index is 5.45. The van der Waals surface area contributed by atoms with E-state index >= 15 is 0 Å². The second-order valence-corrected chi connectivity index (χ2v) is 5.00. The lowest BCUT2D eigenvalue weighted by Crippen LogP contribution is -2.10. The van der Waals surface area contributed by atoms with E-state index in [9.17, 15) is 0 Å². The first-order valence-electron chi connectivity index (χ1n) is 6.79. The molecule has 0 N–H and O–H groups in total. The van der Waals surface area contributed by atoms with Crippen LogP contribution in [0.1, 0.15) is 51.9 Å². The third-order valence-electron chi connectivity index (χ3n) is 3.70. The summed E-state index contributed by atoms with van der Waals surface area (Å²) in [5.41, 5.74) is 1.63. The third kappa shape index (κ3) is 3.60. The summed E-state index contributed by atoms with van der Waals surface area (Å²) < 4.78 is 10.9. The molecule has 2 heteroatoms. The zero-order valence-electron chi connectivity index (χ0n) is 10.4. The molecule has 0 aromatic heterocycles. The molecule has 0 saturated carbocycles. The molecule has 1 heterocycles. The molecule has 1 aliphatic carbocycles. The van der Waals surface area contributed by atoms with Gasteiger partial charge >= 0.3 is 0 Å². The van der Waals surface area contributed by atoms with Crippen molar-refractivity contribution < 1.29 is 9.47 Å². The maximum absolute atomic E-state index is 5.45. The molecule has 92 valence electrons. The second-order valence-electron chi connectivity index (χ2n) is 5.00. The van der Waals surface area contributed by atoms with Gasteiger partial charge in [-0.2, -0.15) is 0 Å². The minimum atomic E-state index is 0.0780. The fourth-order valence-electron chi connectivity index (χ4n) is 2.72. The molecule has 1 fully saturated rings. The van der Waals surface area contributed by atoms with E-state index in [0.29, 0.717) is 0 Å². The van der Waals surface area contributed by atoms with Gasteiger partial charge in [0.25, 0.3) is 0 Å². The van der Waals surface area contributed by atoms with E-state index in [2.05, 4.69) is 13.0 Å². The van der Waals surface area contributed by atoms with Gasteiger partial charge in [0.15, 0.2) is 6.29 Å². The SMILES string of the molecule is CCCC1CC=C(CCC2OCCO2)CC1. The molecule has 2 aliphatic rings. The molecular formula is C14H24O2. The number of hydrogen-bond acceptors (Lipinski definition) is 2. The Bertz CT molecular complexity index is 229. The molecule has 16 heavy (non-hydrogen) atoms. The summed E-state index contributed by atoms with van der Waals surface area (Å²) >= 11 is 0. The van der Waals surface area contributed by atoms with E-state index in [-0.39, 0.29) is 6.29 Å². The molecule has 0 aromatic rings. The highest BCUT2D eigenvalue weighted by Gasteiger charge is 2.18. The fourth-order valence-corrected chi connectivity index (χ4v) is 2.72. The van der Waals surface area contributed by atoms with Crippen LogP contribution in [-0.4, -0.2) is 19.5 Å². The first-order chi connectivity index (χ1) is 7.88. The van der Waals surface area contributed by atoms with Gasteiger partial charge in [0.05, 0.1) is 13.2 Å². The Morgan fingerprint density at radius 1 is 1.25 bits per heavy atom. The van der Waals surface area contributed by atoms with Crippen LogP contribution in [0.2, 0.25) is 0 Å². The molecule has 0 bridgehead atoms. The Hall–Kier alpha value is -0.340. The predicted octanol–water partition coefficient (Wildman–Crippen LogP) is 3.67. The fraction of sp³-hybridized carbons (Fsp3) is 0.857. The molecule has 0 radical (unpaired) electrons. The quantitative estimate of drug-likeness (QED) is 0.663. The molecule has 0 aromatic carbocycles. The largest absolute Gasteiger partial charge is 0.350 e. The highest BCUT2D eigenvalue weighted by Crippen LogP contribution is 2.29. The minimum absolute atomic E-state index is 0.0780. The van der Waals surface area contributed by atoms with Gasteiger partial charge in [0, 0.05) is 6.42 Å². The number of ether oxygens (including phenoxy) is 2. The summed E-state index contributed by atoms with van der Waals surface area (Å²) in [5.74, 6) is 0.952. The van der Waals surface area contributed by atoms with Crippen LogP contribution in [0.5, 0.6) is 0 Å². The van der Waals surface area contributed by atoms with Gasteiger partial charge in [0.1, 0.15) is 0 Å². The molecule has 1 unspecified atom stereocenters. The maximum Gasteiger partial charge on any atom is 0.158 e. The third-order valence-corrected chi connectivity index (χ3v) is 3.70. The summed E-state index contributed by atoms with van der Waals surface area (Å²) in [4.78, 5) is 0. The zero-order chi connectivity index (χ0) is 11.2. The van der Waals surface area contributed by atoms with E-state index in [1.807, 2.05) is 0 Å². The van der Waals surface area contributed by atoms with Crippen LogP contribution in [0.25, 0.3) is 0 Å². The monoisotopic (exact) mass is 224 g/mol. The van der Waals surface area contributed by atoms with Crippen molar-refractivity contribution in [3.8, 4) is 0 Å².